The van der Waals surface area contributed by atoms with Crippen molar-refractivity contribution < 1.29 is 4.74 Å². The van der Waals surface area contributed by atoms with E-state index in [9.17, 15) is 0 Å². The van der Waals surface area contributed by atoms with Gasteiger partial charge in [-0.25, -0.2) is 0 Å². The molecule has 1 nitrogen and oxygen atoms in total. The van der Waals surface area contributed by atoms with Gasteiger partial charge in [-0.05, 0) is 18.4 Å². The van der Waals surface area contributed by atoms with Crippen LogP contribution in [0.2, 0.25) is 0 Å². The van der Waals surface area contributed by atoms with Crippen molar-refractivity contribution in [2.24, 2.45) is 5.92 Å². The van der Waals surface area contributed by atoms with Crippen molar-refractivity contribution in [2.45, 2.75) is 90.9 Å². The van der Waals surface area contributed by atoms with Crippen molar-refractivity contribution in [3.63, 3.8) is 0 Å². The highest BCUT2D eigenvalue weighted by Gasteiger charge is 1.97. The lowest BCUT2D eigenvalue weighted by Gasteiger charge is -2.06. The van der Waals surface area contributed by atoms with Gasteiger partial charge in [0.15, 0.2) is 0 Å². The van der Waals surface area contributed by atoms with Crippen molar-refractivity contribution in [1.29, 1.82) is 0 Å². The lowest BCUT2D eigenvalue weighted by molar-refractivity contribution is 0.333. The van der Waals surface area contributed by atoms with E-state index in [0.29, 0.717) is 5.92 Å². The Bertz CT molecular complexity index is 186. The number of hydrogen-bond donors (Lipinski definition) is 0. The topological polar surface area (TPSA) is 9.23 Å². The van der Waals surface area contributed by atoms with Gasteiger partial charge in [0.1, 0.15) is 0 Å². The van der Waals surface area contributed by atoms with E-state index >= 15 is 0 Å². The number of hydrogen-bond acceptors (Lipinski definition) is 1. The van der Waals surface area contributed by atoms with Crippen LogP contribution < -0.4 is 0 Å². The lowest BCUT2D eigenvalue weighted by atomic mass is 10.0. The molecule has 1 atom stereocenters. The number of ether oxygens (including phenoxy) is 1. The van der Waals surface area contributed by atoms with E-state index in [1.165, 1.54) is 77.0 Å². The van der Waals surface area contributed by atoms with Gasteiger partial charge in [-0.15, -0.1) is 0 Å². The van der Waals surface area contributed by atoms with Crippen LogP contribution in [0.3, 0.4) is 0 Å². The average Bonchev–Trinajstić information content (AvgIpc) is 2.42. The highest BCUT2D eigenvalue weighted by Crippen LogP contribution is 2.14. The van der Waals surface area contributed by atoms with E-state index in [1.54, 1.807) is 7.11 Å². The molecule has 19 heavy (non-hydrogen) atoms. The van der Waals surface area contributed by atoms with E-state index < -0.39 is 0 Å². The fraction of sp³-hybridized carbons (Fsp3) is 0.889. The molecule has 0 N–H and O–H groups in total. The molecule has 0 rings (SSSR count). The van der Waals surface area contributed by atoms with Gasteiger partial charge in [0.25, 0.3) is 0 Å². The van der Waals surface area contributed by atoms with Crippen LogP contribution in [0.4, 0.5) is 0 Å². The van der Waals surface area contributed by atoms with Gasteiger partial charge in [0.05, 0.1) is 13.4 Å². The lowest BCUT2D eigenvalue weighted by Crippen LogP contribution is -1.90. The SMILES string of the molecule is CCCCCCCCCCCCC[C@@H](C)C=COC. The van der Waals surface area contributed by atoms with Crippen LogP contribution in [-0.2, 0) is 4.74 Å². The van der Waals surface area contributed by atoms with Crippen LogP contribution in [-0.4, -0.2) is 7.11 Å². The van der Waals surface area contributed by atoms with Crippen molar-refractivity contribution >= 4 is 0 Å². The van der Waals surface area contributed by atoms with Crippen LogP contribution in [0, 0.1) is 5.92 Å². The van der Waals surface area contributed by atoms with Crippen molar-refractivity contribution in [3.8, 4) is 0 Å². The molecule has 0 spiro atoms. The highest BCUT2D eigenvalue weighted by molar-refractivity contribution is 4.79. The first-order valence-corrected chi connectivity index (χ1v) is 8.50. The van der Waals surface area contributed by atoms with Gasteiger partial charge in [-0.1, -0.05) is 84.5 Å². The second-order valence-electron chi connectivity index (χ2n) is 5.87. The number of allylic oxidation sites excluding steroid dienone is 1. The van der Waals surface area contributed by atoms with Crippen LogP contribution in [0.15, 0.2) is 12.3 Å². The molecule has 0 aromatic heterocycles. The van der Waals surface area contributed by atoms with Gasteiger partial charge < -0.3 is 4.74 Å². The van der Waals surface area contributed by atoms with Gasteiger partial charge in [-0.2, -0.15) is 0 Å². The standard InChI is InChI=1S/C18H36O/c1-4-5-6-7-8-9-10-11-12-13-14-15-18(2)16-17-19-3/h16-18H,4-15H2,1-3H3/t18-/m1/s1. The maximum absolute atomic E-state index is 4.94. The van der Waals surface area contributed by atoms with E-state index in [0.717, 1.165) is 0 Å². The van der Waals surface area contributed by atoms with Gasteiger partial charge in [0, 0.05) is 0 Å². The Labute approximate surface area is 121 Å². The molecule has 0 unspecified atom stereocenters. The fourth-order valence-electron chi connectivity index (χ4n) is 2.44. The molecule has 0 radical (unpaired) electrons. The van der Waals surface area contributed by atoms with E-state index in [-0.39, 0.29) is 0 Å². The molecule has 0 saturated heterocycles. The number of unbranched alkanes of at least 4 members (excludes halogenated alkanes) is 10. The third kappa shape index (κ3) is 15.5. The Hall–Kier alpha value is -0.460. The summed E-state index contributed by atoms with van der Waals surface area (Å²) >= 11 is 0. The van der Waals surface area contributed by atoms with Gasteiger partial charge >= 0.3 is 0 Å². The number of methoxy groups -OCH3 is 1. The van der Waals surface area contributed by atoms with Crippen molar-refractivity contribution in [2.75, 3.05) is 7.11 Å². The molecule has 0 amide bonds. The third-order valence-corrected chi connectivity index (χ3v) is 3.81. The summed E-state index contributed by atoms with van der Waals surface area (Å²) in [7, 11) is 1.71. The summed E-state index contributed by atoms with van der Waals surface area (Å²) < 4.78 is 4.94. The molecule has 0 aliphatic heterocycles. The van der Waals surface area contributed by atoms with Crippen LogP contribution in [0.1, 0.15) is 90.9 Å². The van der Waals surface area contributed by atoms with Gasteiger partial charge in [0.2, 0.25) is 0 Å². The van der Waals surface area contributed by atoms with Crippen LogP contribution in [0.25, 0.3) is 0 Å². The molecule has 114 valence electrons. The quantitative estimate of drug-likeness (QED) is 0.258. The zero-order valence-electron chi connectivity index (χ0n) is 13.6. The predicted molar refractivity (Wildman–Crippen MR) is 86.4 cm³/mol. The fourth-order valence-corrected chi connectivity index (χ4v) is 2.44. The summed E-state index contributed by atoms with van der Waals surface area (Å²) in [6.45, 7) is 4.55. The minimum Gasteiger partial charge on any atom is -0.505 e. The summed E-state index contributed by atoms with van der Waals surface area (Å²) in [5.41, 5.74) is 0. The molecule has 0 saturated carbocycles. The predicted octanol–water partition coefficient (Wildman–Crippen LogP) is 6.48. The molecule has 1 heteroatoms. The summed E-state index contributed by atoms with van der Waals surface area (Å²) in [4.78, 5) is 0. The maximum Gasteiger partial charge on any atom is 0.0787 e. The summed E-state index contributed by atoms with van der Waals surface area (Å²) in [5, 5.41) is 0. The molecular formula is C18H36O. The van der Waals surface area contributed by atoms with Gasteiger partial charge in [-0.3, -0.25) is 0 Å². The first-order chi connectivity index (χ1) is 9.31. The van der Waals surface area contributed by atoms with Crippen LogP contribution >= 0.6 is 0 Å². The zero-order valence-corrected chi connectivity index (χ0v) is 13.6. The monoisotopic (exact) mass is 268 g/mol. The second-order valence-corrected chi connectivity index (χ2v) is 5.87. The Kier molecular flexibility index (Phi) is 15.2. The Morgan fingerprint density at radius 1 is 0.789 bits per heavy atom. The molecule has 0 heterocycles. The largest absolute Gasteiger partial charge is 0.505 e. The molecule has 0 aliphatic carbocycles. The molecule has 0 aromatic carbocycles. The normalized spacial score (nSPS) is 13.0. The maximum atomic E-state index is 4.94. The minimum atomic E-state index is 0.665. The number of rotatable bonds is 14. The van der Waals surface area contributed by atoms with E-state index in [2.05, 4.69) is 19.9 Å². The smallest absolute Gasteiger partial charge is 0.0787 e. The Morgan fingerprint density at radius 3 is 1.74 bits per heavy atom. The molecule has 0 aromatic rings. The zero-order chi connectivity index (χ0) is 14.2. The summed E-state index contributed by atoms with van der Waals surface area (Å²) in [6, 6.07) is 0. The Morgan fingerprint density at radius 2 is 1.26 bits per heavy atom. The first kappa shape index (κ1) is 18.5. The Balaban J connectivity index is 3.08. The van der Waals surface area contributed by atoms with Crippen molar-refractivity contribution in [1.82, 2.24) is 0 Å². The van der Waals surface area contributed by atoms with Crippen LogP contribution in [0.5, 0.6) is 0 Å². The van der Waals surface area contributed by atoms with E-state index in [1.807, 2.05) is 6.26 Å². The third-order valence-electron chi connectivity index (χ3n) is 3.81. The van der Waals surface area contributed by atoms with E-state index in [4.69, 9.17) is 4.74 Å². The molecule has 0 fully saturated rings. The minimum absolute atomic E-state index is 0.665. The first-order valence-electron chi connectivity index (χ1n) is 8.50. The van der Waals surface area contributed by atoms with Crippen molar-refractivity contribution in [3.05, 3.63) is 12.3 Å². The average molecular weight is 268 g/mol. The second kappa shape index (κ2) is 15.6. The molecular weight excluding hydrogens is 232 g/mol. The molecule has 0 bridgehead atoms. The molecule has 0 aliphatic rings. The summed E-state index contributed by atoms with van der Waals surface area (Å²) in [5.74, 6) is 0.665. The highest BCUT2D eigenvalue weighted by atomic mass is 16.5. The summed E-state index contributed by atoms with van der Waals surface area (Å²) in [6.07, 6.45) is 21.0.